The molecule has 21 heavy (non-hydrogen) atoms. The van der Waals surface area contributed by atoms with Gasteiger partial charge in [0, 0.05) is 0 Å². The van der Waals surface area contributed by atoms with E-state index in [4.69, 9.17) is 17.3 Å². The number of nitrogens with two attached hydrogens (primary N) is 1. The second-order valence-electron chi connectivity index (χ2n) is 5.29. The van der Waals surface area contributed by atoms with E-state index >= 15 is 0 Å². The van der Waals surface area contributed by atoms with Gasteiger partial charge in [0.05, 0.1) is 28.7 Å². The van der Waals surface area contributed by atoms with Gasteiger partial charge in [-0.25, -0.2) is 8.42 Å². The summed E-state index contributed by atoms with van der Waals surface area (Å²) in [5.41, 5.74) is 6.42. The number of anilines is 2. The van der Waals surface area contributed by atoms with Crippen LogP contribution in [0.25, 0.3) is 0 Å². The fourth-order valence-corrected chi connectivity index (χ4v) is 2.46. The third-order valence-corrected chi connectivity index (χ3v) is 3.53. The normalized spacial score (nSPS) is 13.0. The Kier molecular flexibility index (Phi) is 6.00. The van der Waals surface area contributed by atoms with Gasteiger partial charge in [-0.3, -0.25) is 9.52 Å². The van der Waals surface area contributed by atoms with Gasteiger partial charge >= 0.3 is 0 Å². The lowest BCUT2D eigenvalue weighted by atomic mass is 10.0. The van der Waals surface area contributed by atoms with Crippen molar-refractivity contribution in [3.05, 3.63) is 23.2 Å². The average Bonchev–Trinajstić information content (AvgIpc) is 2.30. The number of rotatable bonds is 6. The predicted octanol–water partition coefficient (Wildman–Crippen LogP) is 2.02. The van der Waals surface area contributed by atoms with E-state index in [2.05, 4.69) is 10.0 Å². The van der Waals surface area contributed by atoms with Crippen LogP contribution < -0.4 is 15.8 Å². The van der Waals surface area contributed by atoms with Crippen LogP contribution >= 0.6 is 11.6 Å². The number of halogens is 1. The number of carbonyl (C=O) groups excluding carboxylic acids is 1. The van der Waals surface area contributed by atoms with Crippen LogP contribution in [-0.2, 0) is 14.8 Å². The minimum Gasteiger partial charge on any atom is -0.323 e. The van der Waals surface area contributed by atoms with E-state index < -0.39 is 16.1 Å². The van der Waals surface area contributed by atoms with Crippen molar-refractivity contribution >= 4 is 38.9 Å². The predicted molar refractivity (Wildman–Crippen MR) is 86.0 cm³/mol. The van der Waals surface area contributed by atoms with Crippen molar-refractivity contribution in [1.29, 1.82) is 0 Å². The Morgan fingerprint density at radius 2 is 2.00 bits per heavy atom. The first kappa shape index (κ1) is 17.7. The Morgan fingerprint density at radius 1 is 1.38 bits per heavy atom. The highest BCUT2D eigenvalue weighted by atomic mass is 35.5. The van der Waals surface area contributed by atoms with Crippen molar-refractivity contribution in [1.82, 2.24) is 0 Å². The number of hydrogen-bond acceptors (Lipinski definition) is 4. The zero-order valence-corrected chi connectivity index (χ0v) is 13.8. The maximum Gasteiger partial charge on any atom is 0.241 e. The molecule has 1 amide bonds. The van der Waals surface area contributed by atoms with Gasteiger partial charge in [-0.05, 0) is 30.5 Å². The van der Waals surface area contributed by atoms with Crippen LogP contribution in [0.4, 0.5) is 11.4 Å². The molecule has 4 N–H and O–H groups in total. The van der Waals surface area contributed by atoms with E-state index in [0.717, 1.165) is 6.26 Å². The lowest BCUT2D eigenvalue weighted by Crippen LogP contribution is -2.36. The second-order valence-corrected chi connectivity index (χ2v) is 7.45. The zero-order valence-electron chi connectivity index (χ0n) is 12.2. The quantitative estimate of drug-likeness (QED) is 0.741. The SMILES string of the molecule is CC(C)C[C@H](N)C(=O)Nc1cc(NS(C)(=O)=O)ccc1Cl. The molecule has 0 radical (unpaired) electrons. The third-order valence-electron chi connectivity index (χ3n) is 2.59. The van der Waals surface area contributed by atoms with E-state index in [1.807, 2.05) is 13.8 Å². The molecule has 0 aliphatic carbocycles. The summed E-state index contributed by atoms with van der Waals surface area (Å²) in [5.74, 6) is -0.0680. The standard InChI is InChI=1S/C13H20ClN3O3S/c1-8(2)6-11(15)13(18)16-12-7-9(4-5-10(12)14)17-21(3,19)20/h4-5,7-8,11,17H,6,15H2,1-3H3,(H,16,18)/t11-/m0/s1. The number of benzene rings is 1. The maximum absolute atomic E-state index is 12.0. The number of nitrogens with one attached hydrogen (secondary N) is 2. The molecular weight excluding hydrogens is 314 g/mol. The van der Waals surface area contributed by atoms with Crippen LogP contribution in [0.15, 0.2) is 18.2 Å². The van der Waals surface area contributed by atoms with Crippen LogP contribution in [0.1, 0.15) is 20.3 Å². The van der Waals surface area contributed by atoms with Gasteiger partial charge in [-0.15, -0.1) is 0 Å². The molecule has 118 valence electrons. The first-order chi connectivity index (χ1) is 9.58. The average molecular weight is 334 g/mol. The van der Waals surface area contributed by atoms with E-state index in [-0.39, 0.29) is 5.91 Å². The molecule has 0 saturated carbocycles. The minimum absolute atomic E-state index is 0.291. The van der Waals surface area contributed by atoms with E-state index in [0.29, 0.717) is 28.7 Å². The monoisotopic (exact) mass is 333 g/mol. The highest BCUT2D eigenvalue weighted by Gasteiger charge is 2.16. The van der Waals surface area contributed by atoms with Crippen LogP contribution in [0.5, 0.6) is 0 Å². The summed E-state index contributed by atoms with van der Waals surface area (Å²) >= 11 is 5.99. The molecule has 0 aliphatic rings. The highest BCUT2D eigenvalue weighted by Crippen LogP contribution is 2.26. The molecule has 0 fully saturated rings. The lowest BCUT2D eigenvalue weighted by molar-refractivity contribution is -0.117. The number of carbonyl (C=O) groups is 1. The molecule has 8 heteroatoms. The van der Waals surface area contributed by atoms with Gasteiger partial charge < -0.3 is 11.1 Å². The zero-order chi connectivity index (χ0) is 16.2. The van der Waals surface area contributed by atoms with Gasteiger partial charge in [0.25, 0.3) is 0 Å². The van der Waals surface area contributed by atoms with Crippen LogP contribution in [0.3, 0.4) is 0 Å². The number of hydrogen-bond donors (Lipinski definition) is 3. The lowest BCUT2D eigenvalue weighted by Gasteiger charge is -2.15. The van der Waals surface area contributed by atoms with Crippen LogP contribution in [0.2, 0.25) is 5.02 Å². The molecule has 1 atom stereocenters. The van der Waals surface area contributed by atoms with Gasteiger partial charge in [0.15, 0.2) is 0 Å². The Balaban J connectivity index is 2.87. The maximum atomic E-state index is 12.0. The molecule has 0 saturated heterocycles. The van der Waals surface area contributed by atoms with Gasteiger partial charge in [-0.1, -0.05) is 25.4 Å². The van der Waals surface area contributed by atoms with Crippen molar-refractivity contribution in [2.45, 2.75) is 26.3 Å². The molecule has 0 aliphatic heterocycles. The molecule has 1 aromatic carbocycles. The minimum atomic E-state index is -3.40. The molecule has 6 nitrogen and oxygen atoms in total. The summed E-state index contributed by atoms with van der Waals surface area (Å²) in [5, 5.41) is 2.92. The number of amides is 1. The van der Waals surface area contributed by atoms with Crippen molar-refractivity contribution in [2.24, 2.45) is 11.7 Å². The van der Waals surface area contributed by atoms with Gasteiger partial charge in [-0.2, -0.15) is 0 Å². The molecular formula is C13H20ClN3O3S. The third kappa shape index (κ3) is 6.33. The first-order valence-corrected chi connectivity index (χ1v) is 8.69. The molecule has 0 bridgehead atoms. The van der Waals surface area contributed by atoms with E-state index in [9.17, 15) is 13.2 Å². The fourth-order valence-electron chi connectivity index (χ4n) is 1.74. The van der Waals surface area contributed by atoms with Crippen molar-refractivity contribution in [3.63, 3.8) is 0 Å². The van der Waals surface area contributed by atoms with Gasteiger partial charge in [0.2, 0.25) is 15.9 Å². The summed E-state index contributed by atoms with van der Waals surface area (Å²) in [7, 11) is -3.40. The summed E-state index contributed by atoms with van der Waals surface area (Å²) in [6.07, 6.45) is 1.59. The van der Waals surface area contributed by atoms with E-state index in [1.165, 1.54) is 18.2 Å². The van der Waals surface area contributed by atoms with Gasteiger partial charge in [0.1, 0.15) is 0 Å². The summed E-state index contributed by atoms with van der Waals surface area (Å²) in [4.78, 5) is 12.0. The van der Waals surface area contributed by atoms with E-state index in [1.54, 1.807) is 0 Å². The highest BCUT2D eigenvalue weighted by molar-refractivity contribution is 7.92. The molecule has 0 heterocycles. The Labute approximate surface area is 130 Å². The molecule has 0 aromatic heterocycles. The summed E-state index contributed by atoms with van der Waals surface area (Å²) < 4.78 is 24.7. The van der Waals surface area contributed by atoms with Crippen LogP contribution in [-0.4, -0.2) is 26.6 Å². The smallest absolute Gasteiger partial charge is 0.241 e. The largest absolute Gasteiger partial charge is 0.323 e. The van der Waals surface area contributed by atoms with Crippen LogP contribution in [0, 0.1) is 5.92 Å². The fraction of sp³-hybridized carbons (Fsp3) is 0.462. The van der Waals surface area contributed by atoms with Crippen molar-refractivity contribution in [3.8, 4) is 0 Å². The Bertz CT molecular complexity index is 617. The van der Waals surface area contributed by atoms with Crippen molar-refractivity contribution in [2.75, 3.05) is 16.3 Å². The Hall–Kier alpha value is -1.31. The van der Waals surface area contributed by atoms with Crippen molar-refractivity contribution < 1.29 is 13.2 Å². The summed E-state index contributed by atoms with van der Waals surface area (Å²) in [6, 6.07) is 3.81. The second kappa shape index (κ2) is 7.11. The first-order valence-electron chi connectivity index (χ1n) is 6.42. The molecule has 1 rings (SSSR count). The summed E-state index contributed by atoms with van der Waals surface area (Å²) in [6.45, 7) is 3.94. The topological polar surface area (TPSA) is 101 Å². The Morgan fingerprint density at radius 3 is 2.52 bits per heavy atom. The molecule has 0 unspecified atom stereocenters. The molecule has 0 spiro atoms. The molecule has 1 aromatic rings. The number of sulfonamides is 1.